The Morgan fingerprint density at radius 3 is 1.71 bits per heavy atom. The largest absolute Gasteiger partial charge is 0.391 e. The molecule has 0 aliphatic heterocycles. The van der Waals surface area contributed by atoms with Crippen molar-refractivity contribution in [2.24, 2.45) is 0 Å². The Morgan fingerprint density at radius 2 is 1.35 bits per heavy atom. The maximum Gasteiger partial charge on any atom is 0.167 e. The molecule has 1 N–H and O–H groups in total. The Hall–Kier alpha value is -0.780. The summed E-state index contributed by atoms with van der Waals surface area (Å²) >= 11 is 10.4. The fourth-order valence-corrected chi connectivity index (χ4v) is 1.37. The predicted octanol–water partition coefficient (Wildman–Crippen LogP) is 3.60. The van der Waals surface area contributed by atoms with Crippen molar-refractivity contribution in [3.8, 4) is 0 Å². The zero-order valence-electron chi connectivity index (χ0n) is 8.21. The number of hydrogen-bond donors (Lipinski definition) is 1. The normalized spacial score (nSPS) is 10.5. The minimum absolute atomic E-state index is 0.282. The van der Waals surface area contributed by atoms with Crippen molar-refractivity contribution in [1.29, 1.82) is 0 Å². The van der Waals surface area contributed by atoms with E-state index >= 15 is 0 Å². The van der Waals surface area contributed by atoms with Crippen LogP contribution in [0.25, 0.3) is 0 Å². The summed E-state index contributed by atoms with van der Waals surface area (Å²) in [6, 6.07) is 0. The molecular weight excluding hydrogens is 283 g/mol. The number of allylic oxidation sites excluding steroid dienone is 1. The summed E-state index contributed by atoms with van der Waals surface area (Å²) in [4.78, 5) is 0. The van der Waals surface area contributed by atoms with Gasteiger partial charge in [-0.25, -0.2) is 17.6 Å². The van der Waals surface area contributed by atoms with Crippen LogP contribution >= 0.6 is 23.2 Å². The summed E-state index contributed by atoms with van der Waals surface area (Å²) in [5.41, 5.74) is -1.89. The van der Waals surface area contributed by atoms with Gasteiger partial charge in [0.1, 0.15) is 4.49 Å². The second kappa shape index (κ2) is 5.71. The van der Waals surface area contributed by atoms with Crippen molar-refractivity contribution in [2.75, 3.05) is 0 Å². The lowest BCUT2D eigenvalue weighted by Gasteiger charge is -2.09. The first-order chi connectivity index (χ1) is 7.90. The highest BCUT2D eigenvalue weighted by atomic mass is 35.5. The van der Waals surface area contributed by atoms with Crippen LogP contribution in [0.5, 0.6) is 0 Å². The van der Waals surface area contributed by atoms with Crippen molar-refractivity contribution in [3.63, 3.8) is 0 Å². The maximum absolute atomic E-state index is 13.3. The van der Waals surface area contributed by atoms with E-state index in [0.717, 1.165) is 6.08 Å². The molecule has 0 bridgehead atoms. The van der Waals surface area contributed by atoms with Gasteiger partial charge in [0.15, 0.2) is 23.3 Å². The van der Waals surface area contributed by atoms with E-state index in [-0.39, 0.29) is 4.49 Å². The van der Waals surface area contributed by atoms with Gasteiger partial charge in [-0.2, -0.15) is 0 Å². The molecule has 0 atom stereocenters. The van der Waals surface area contributed by atoms with Gasteiger partial charge in [0.2, 0.25) is 0 Å². The molecule has 0 fully saturated rings. The van der Waals surface area contributed by atoms with Gasteiger partial charge in [0, 0.05) is 5.56 Å². The summed E-state index contributed by atoms with van der Waals surface area (Å²) in [6.45, 7) is -1.14. The van der Waals surface area contributed by atoms with E-state index in [0.29, 0.717) is 0 Å². The monoisotopic (exact) mass is 288 g/mol. The highest BCUT2D eigenvalue weighted by Gasteiger charge is 2.23. The Kier molecular flexibility index (Phi) is 4.80. The Bertz CT molecular complexity index is 441. The van der Waals surface area contributed by atoms with Crippen LogP contribution < -0.4 is 0 Å². The van der Waals surface area contributed by atoms with Gasteiger partial charge in [-0.1, -0.05) is 23.2 Å². The lowest BCUT2D eigenvalue weighted by Crippen LogP contribution is -2.08. The van der Waals surface area contributed by atoms with Crippen molar-refractivity contribution >= 4 is 23.2 Å². The quantitative estimate of drug-likeness (QED) is 0.666. The minimum atomic E-state index is -1.62. The van der Waals surface area contributed by atoms with Crippen LogP contribution in [-0.2, 0) is 13.0 Å². The number of rotatable bonds is 3. The molecule has 1 aromatic rings. The van der Waals surface area contributed by atoms with Gasteiger partial charge in [0.05, 0.1) is 12.2 Å². The molecule has 1 rings (SSSR count). The number of benzene rings is 1. The third-order valence-electron chi connectivity index (χ3n) is 2.06. The van der Waals surface area contributed by atoms with Crippen molar-refractivity contribution in [2.45, 2.75) is 13.0 Å². The summed E-state index contributed by atoms with van der Waals surface area (Å²) < 4.78 is 52.8. The first-order valence-electron chi connectivity index (χ1n) is 4.35. The number of aliphatic hydroxyl groups is 1. The van der Waals surface area contributed by atoms with Gasteiger partial charge in [-0.05, 0) is 12.5 Å². The molecule has 7 heteroatoms. The van der Waals surface area contributed by atoms with Crippen LogP contribution in [0.1, 0.15) is 11.1 Å². The van der Waals surface area contributed by atoms with Gasteiger partial charge in [-0.3, -0.25) is 0 Å². The van der Waals surface area contributed by atoms with E-state index < -0.39 is 47.4 Å². The summed E-state index contributed by atoms with van der Waals surface area (Å²) in [7, 11) is 0. The molecule has 0 heterocycles. The van der Waals surface area contributed by atoms with Crippen LogP contribution in [0, 0.1) is 23.3 Å². The molecule has 17 heavy (non-hydrogen) atoms. The van der Waals surface area contributed by atoms with E-state index in [1.807, 2.05) is 0 Å². The fraction of sp³-hybridized carbons (Fsp3) is 0.200. The van der Waals surface area contributed by atoms with E-state index in [2.05, 4.69) is 0 Å². The molecule has 0 saturated carbocycles. The average molecular weight is 289 g/mol. The second-order valence-electron chi connectivity index (χ2n) is 3.07. The average Bonchev–Trinajstić information content (AvgIpc) is 2.27. The van der Waals surface area contributed by atoms with E-state index in [1.165, 1.54) is 0 Å². The minimum Gasteiger partial charge on any atom is -0.391 e. The van der Waals surface area contributed by atoms with Gasteiger partial charge in [-0.15, -0.1) is 0 Å². The molecule has 0 saturated heterocycles. The molecule has 0 aromatic heterocycles. The molecule has 0 spiro atoms. The fourth-order valence-electron chi connectivity index (χ4n) is 1.22. The topological polar surface area (TPSA) is 20.2 Å². The number of hydrogen-bond acceptors (Lipinski definition) is 1. The van der Waals surface area contributed by atoms with Crippen LogP contribution in [0.15, 0.2) is 10.6 Å². The summed E-state index contributed by atoms with van der Waals surface area (Å²) in [5, 5.41) is 8.59. The third kappa shape index (κ3) is 2.91. The number of halogens is 6. The maximum atomic E-state index is 13.3. The van der Waals surface area contributed by atoms with Crippen LogP contribution in [0.2, 0.25) is 0 Å². The first-order valence-corrected chi connectivity index (χ1v) is 5.11. The van der Waals surface area contributed by atoms with Gasteiger partial charge in [0.25, 0.3) is 0 Å². The zero-order chi connectivity index (χ0) is 13.2. The standard InChI is InChI=1S/C10H6Cl2F4O/c11-6(12)2-1-4-7(13)9(15)5(3-17)10(16)8(4)14/h2,17H,1,3H2. The molecule has 94 valence electrons. The Labute approximate surface area is 104 Å². The Morgan fingerprint density at radius 1 is 0.941 bits per heavy atom. The van der Waals surface area contributed by atoms with E-state index in [9.17, 15) is 17.6 Å². The van der Waals surface area contributed by atoms with E-state index in [4.69, 9.17) is 28.3 Å². The van der Waals surface area contributed by atoms with Gasteiger partial charge >= 0.3 is 0 Å². The predicted molar refractivity (Wildman–Crippen MR) is 55.7 cm³/mol. The third-order valence-corrected chi connectivity index (χ3v) is 2.37. The molecule has 0 radical (unpaired) electrons. The van der Waals surface area contributed by atoms with E-state index in [1.54, 1.807) is 0 Å². The zero-order valence-corrected chi connectivity index (χ0v) is 9.72. The van der Waals surface area contributed by atoms with Crippen molar-refractivity contribution in [3.05, 3.63) is 45.0 Å². The molecule has 0 amide bonds. The Balaban J connectivity index is 3.37. The highest BCUT2D eigenvalue weighted by molar-refractivity contribution is 6.55. The molecule has 0 aliphatic rings. The highest BCUT2D eigenvalue weighted by Crippen LogP contribution is 2.25. The molecule has 1 nitrogen and oxygen atoms in total. The first kappa shape index (κ1) is 14.3. The molecule has 1 aromatic carbocycles. The lowest BCUT2D eigenvalue weighted by atomic mass is 10.1. The summed E-state index contributed by atoms with van der Waals surface area (Å²) in [5.74, 6) is -6.39. The summed E-state index contributed by atoms with van der Waals surface area (Å²) in [6.07, 6.45) is 0.488. The molecule has 0 unspecified atom stereocenters. The van der Waals surface area contributed by atoms with Crippen molar-refractivity contribution < 1.29 is 22.7 Å². The smallest absolute Gasteiger partial charge is 0.167 e. The van der Waals surface area contributed by atoms with Gasteiger partial charge < -0.3 is 5.11 Å². The lowest BCUT2D eigenvalue weighted by molar-refractivity contribution is 0.262. The second-order valence-corrected chi connectivity index (χ2v) is 4.08. The van der Waals surface area contributed by atoms with Crippen molar-refractivity contribution in [1.82, 2.24) is 0 Å². The van der Waals surface area contributed by atoms with Crippen LogP contribution in [0.3, 0.4) is 0 Å². The van der Waals surface area contributed by atoms with Crippen LogP contribution in [0.4, 0.5) is 17.6 Å². The van der Waals surface area contributed by atoms with Crippen LogP contribution in [-0.4, -0.2) is 5.11 Å². The number of aliphatic hydroxyl groups excluding tert-OH is 1. The molecular formula is C10H6Cl2F4O. The molecule has 0 aliphatic carbocycles. The SMILES string of the molecule is OCc1c(F)c(F)c(CC=C(Cl)Cl)c(F)c1F.